The Kier molecular flexibility index (Phi) is 8.92. The Labute approximate surface area is 220 Å². The van der Waals surface area contributed by atoms with E-state index in [9.17, 15) is 15.0 Å². The number of aliphatic hydroxyl groups excluding tert-OH is 1. The molecule has 37 heavy (non-hydrogen) atoms. The Morgan fingerprint density at radius 3 is 2.08 bits per heavy atom. The molecule has 1 aliphatic carbocycles. The Morgan fingerprint density at radius 2 is 1.51 bits per heavy atom. The zero-order valence-corrected chi connectivity index (χ0v) is 21.5. The fourth-order valence-corrected chi connectivity index (χ4v) is 4.92. The maximum atomic E-state index is 13.6. The van der Waals surface area contributed by atoms with Crippen LogP contribution in [0, 0.1) is 11.8 Å². The van der Waals surface area contributed by atoms with E-state index in [2.05, 4.69) is 31.2 Å². The molecule has 2 atom stereocenters. The molecule has 2 unspecified atom stereocenters. The molecule has 0 spiro atoms. The molecule has 3 nitrogen and oxygen atoms in total. The Balaban J connectivity index is 1.50. The lowest BCUT2D eigenvalue weighted by Crippen LogP contribution is -2.35. The maximum absolute atomic E-state index is 13.6. The molecule has 3 aromatic carbocycles. The van der Waals surface area contributed by atoms with E-state index in [0.717, 1.165) is 29.5 Å². The van der Waals surface area contributed by atoms with Gasteiger partial charge in [0, 0.05) is 17.4 Å². The lowest BCUT2D eigenvalue weighted by atomic mass is 9.79. The fraction of sp³-hybridized carbons (Fsp3) is 0.265. The second kappa shape index (κ2) is 12.5. The van der Waals surface area contributed by atoms with Gasteiger partial charge in [-0.25, -0.2) is 0 Å². The first-order chi connectivity index (χ1) is 18.0. The van der Waals surface area contributed by atoms with Crippen LogP contribution in [0.3, 0.4) is 0 Å². The van der Waals surface area contributed by atoms with E-state index in [1.54, 1.807) is 18.2 Å². The predicted molar refractivity (Wildman–Crippen MR) is 151 cm³/mol. The summed E-state index contributed by atoms with van der Waals surface area (Å²) >= 11 is 0. The summed E-state index contributed by atoms with van der Waals surface area (Å²) in [5, 5.41) is 21.1. The number of Topliss-reactive ketones (excluding diaryl/α,β-unsaturated/α-hetero) is 1. The Bertz CT molecular complexity index is 1200. The van der Waals surface area contributed by atoms with E-state index in [-0.39, 0.29) is 23.4 Å². The lowest BCUT2D eigenvalue weighted by molar-refractivity contribution is 0.0504. The topological polar surface area (TPSA) is 57.5 Å². The van der Waals surface area contributed by atoms with Gasteiger partial charge in [-0.3, -0.25) is 4.79 Å². The van der Waals surface area contributed by atoms with Crippen molar-refractivity contribution >= 4 is 11.9 Å². The molecular weight excluding hydrogens is 456 g/mol. The van der Waals surface area contributed by atoms with E-state index in [1.807, 2.05) is 72.8 Å². The van der Waals surface area contributed by atoms with Crippen LogP contribution in [0.25, 0.3) is 6.08 Å². The summed E-state index contributed by atoms with van der Waals surface area (Å²) in [5.74, 6) is -0.157. The molecule has 2 N–H and O–H groups in total. The minimum absolute atomic E-state index is 0.141. The molecular formula is C34H36O3. The van der Waals surface area contributed by atoms with Crippen LogP contribution >= 0.6 is 0 Å². The predicted octanol–water partition coefficient (Wildman–Crippen LogP) is 7.53. The van der Waals surface area contributed by atoms with Gasteiger partial charge in [-0.2, -0.15) is 0 Å². The number of carbonyl (C=O) groups excluding carboxylic acids is 1. The number of hydrogen-bond donors (Lipinski definition) is 2. The maximum Gasteiger partial charge on any atom is 0.166 e. The van der Waals surface area contributed by atoms with Crippen molar-refractivity contribution in [3.63, 3.8) is 0 Å². The van der Waals surface area contributed by atoms with Gasteiger partial charge >= 0.3 is 0 Å². The molecule has 0 saturated heterocycles. The lowest BCUT2D eigenvalue weighted by Gasteiger charge is -2.32. The van der Waals surface area contributed by atoms with E-state index >= 15 is 0 Å². The van der Waals surface area contributed by atoms with Crippen LogP contribution < -0.4 is 0 Å². The number of ketones is 1. The van der Waals surface area contributed by atoms with E-state index < -0.39 is 5.60 Å². The molecule has 0 radical (unpaired) electrons. The monoisotopic (exact) mass is 492 g/mol. The number of hydrogen-bond acceptors (Lipinski definition) is 3. The molecule has 190 valence electrons. The largest absolute Gasteiger partial charge is 0.508 e. The third-order valence-electron chi connectivity index (χ3n) is 7.11. The third-order valence-corrected chi connectivity index (χ3v) is 7.11. The van der Waals surface area contributed by atoms with Gasteiger partial charge in [0.25, 0.3) is 0 Å². The Hall–Kier alpha value is -3.69. The SMILES string of the molecule is CCCCC1(O)C=CC(O)=CC1C=Cc1ccc(C(=O)C(Cc2ccccc2)Cc2ccccc2)cc1. The third kappa shape index (κ3) is 7.18. The number of benzene rings is 3. The van der Waals surface area contributed by atoms with Gasteiger partial charge in [-0.1, -0.05) is 117 Å². The van der Waals surface area contributed by atoms with E-state index in [4.69, 9.17) is 0 Å². The molecule has 0 fully saturated rings. The number of carbonyl (C=O) groups is 1. The van der Waals surface area contributed by atoms with Crippen molar-refractivity contribution in [3.05, 3.63) is 137 Å². The Morgan fingerprint density at radius 1 is 0.919 bits per heavy atom. The molecule has 0 aliphatic heterocycles. The quantitative estimate of drug-likeness (QED) is 0.272. The molecule has 0 amide bonds. The molecule has 0 saturated carbocycles. The van der Waals surface area contributed by atoms with Gasteiger partial charge in [0.15, 0.2) is 5.78 Å². The first kappa shape index (κ1) is 26.4. The van der Waals surface area contributed by atoms with Crippen LogP contribution in [0.15, 0.2) is 115 Å². The normalized spacial score (nSPS) is 19.3. The van der Waals surface area contributed by atoms with E-state index in [0.29, 0.717) is 24.8 Å². The molecule has 0 aromatic heterocycles. The fourth-order valence-electron chi connectivity index (χ4n) is 4.92. The standard InChI is InChI=1S/C34H36O3/c1-2-3-21-34(37)22-20-32(35)25-31(34)19-16-26-14-17-29(18-15-26)33(36)30(23-27-10-6-4-7-11-27)24-28-12-8-5-9-13-28/h4-20,22,25,30-31,35,37H,2-3,21,23-24H2,1H3. The smallest absolute Gasteiger partial charge is 0.166 e. The van der Waals surface area contributed by atoms with Gasteiger partial charge < -0.3 is 10.2 Å². The second-order valence-electron chi connectivity index (χ2n) is 9.97. The van der Waals surface area contributed by atoms with Gasteiger partial charge in [0.2, 0.25) is 0 Å². The molecule has 1 aliphatic rings. The highest BCUT2D eigenvalue weighted by atomic mass is 16.3. The van der Waals surface area contributed by atoms with Crippen molar-refractivity contribution in [2.45, 2.75) is 44.6 Å². The van der Waals surface area contributed by atoms with Crippen molar-refractivity contribution in [2.75, 3.05) is 0 Å². The minimum Gasteiger partial charge on any atom is -0.508 e. The van der Waals surface area contributed by atoms with Crippen molar-refractivity contribution < 1.29 is 15.0 Å². The highest BCUT2D eigenvalue weighted by molar-refractivity contribution is 5.98. The summed E-state index contributed by atoms with van der Waals surface area (Å²) < 4.78 is 0. The molecule has 3 aromatic rings. The first-order valence-corrected chi connectivity index (χ1v) is 13.2. The van der Waals surface area contributed by atoms with Crippen molar-refractivity contribution in [3.8, 4) is 0 Å². The van der Waals surface area contributed by atoms with Gasteiger partial charge in [-0.05, 0) is 54.2 Å². The van der Waals surface area contributed by atoms with Crippen molar-refractivity contribution in [1.82, 2.24) is 0 Å². The van der Waals surface area contributed by atoms with Crippen LogP contribution in [0.4, 0.5) is 0 Å². The average Bonchev–Trinajstić information content (AvgIpc) is 2.93. The van der Waals surface area contributed by atoms with Crippen molar-refractivity contribution in [2.24, 2.45) is 11.8 Å². The summed E-state index contributed by atoms with van der Waals surface area (Å²) in [6.45, 7) is 2.10. The highest BCUT2D eigenvalue weighted by Gasteiger charge is 2.33. The molecule has 4 rings (SSSR count). The first-order valence-electron chi connectivity index (χ1n) is 13.2. The highest BCUT2D eigenvalue weighted by Crippen LogP contribution is 2.33. The van der Waals surface area contributed by atoms with Crippen LogP contribution in [-0.2, 0) is 12.8 Å². The van der Waals surface area contributed by atoms with Gasteiger partial charge in [0.1, 0.15) is 5.76 Å². The van der Waals surface area contributed by atoms with Crippen LogP contribution in [0.5, 0.6) is 0 Å². The number of allylic oxidation sites excluding steroid dienone is 1. The summed E-state index contributed by atoms with van der Waals surface area (Å²) in [4.78, 5) is 13.6. The number of unbranched alkanes of at least 4 members (excludes halogenated alkanes) is 1. The number of rotatable bonds is 11. The minimum atomic E-state index is -1.00. The van der Waals surface area contributed by atoms with Gasteiger partial charge in [-0.15, -0.1) is 0 Å². The summed E-state index contributed by atoms with van der Waals surface area (Å²) in [5.41, 5.74) is 2.96. The van der Waals surface area contributed by atoms with Crippen LogP contribution in [0.2, 0.25) is 0 Å². The summed E-state index contributed by atoms with van der Waals surface area (Å²) in [6, 6.07) is 28.0. The zero-order chi connectivity index (χ0) is 26.1. The second-order valence-corrected chi connectivity index (χ2v) is 9.97. The molecule has 0 bridgehead atoms. The average molecular weight is 493 g/mol. The molecule has 3 heteroatoms. The van der Waals surface area contributed by atoms with E-state index in [1.165, 1.54) is 0 Å². The zero-order valence-electron chi connectivity index (χ0n) is 21.5. The molecule has 0 heterocycles. The summed E-state index contributed by atoms with van der Waals surface area (Å²) in [6.07, 6.45) is 12.8. The van der Waals surface area contributed by atoms with Gasteiger partial charge in [0.05, 0.1) is 5.60 Å². The van der Waals surface area contributed by atoms with Crippen LogP contribution in [0.1, 0.15) is 53.2 Å². The van der Waals surface area contributed by atoms with Crippen LogP contribution in [-0.4, -0.2) is 21.6 Å². The van der Waals surface area contributed by atoms with Crippen molar-refractivity contribution in [1.29, 1.82) is 0 Å². The summed E-state index contributed by atoms with van der Waals surface area (Å²) in [7, 11) is 0. The number of aliphatic hydroxyl groups is 2.